The van der Waals surface area contributed by atoms with Crippen LogP contribution in [-0.4, -0.2) is 35.9 Å². The molecule has 4 heteroatoms. The van der Waals surface area contributed by atoms with Gasteiger partial charge in [0.2, 0.25) is 0 Å². The molecule has 0 aliphatic carbocycles. The van der Waals surface area contributed by atoms with E-state index in [-0.39, 0.29) is 12.5 Å². The molecule has 0 bridgehead atoms. The molecule has 0 saturated carbocycles. The van der Waals surface area contributed by atoms with E-state index in [9.17, 15) is 4.79 Å². The quantitative estimate of drug-likeness (QED) is 0.812. The summed E-state index contributed by atoms with van der Waals surface area (Å²) in [6.45, 7) is 3.10. The van der Waals surface area contributed by atoms with Crippen LogP contribution in [0.1, 0.15) is 35.8 Å². The van der Waals surface area contributed by atoms with Gasteiger partial charge in [0.05, 0.1) is 12.1 Å². The molecule has 0 aliphatic heterocycles. The molecule has 0 aliphatic rings. The molecule has 0 aromatic carbocycles. The van der Waals surface area contributed by atoms with E-state index in [1.807, 2.05) is 0 Å². The van der Waals surface area contributed by atoms with Crippen LogP contribution in [0.4, 0.5) is 0 Å². The third kappa shape index (κ3) is 3.86. The van der Waals surface area contributed by atoms with Crippen LogP contribution < -0.4 is 5.73 Å². The van der Waals surface area contributed by atoms with Crippen LogP contribution in [0.3, 0.4) is 0 Å². The highest BCUT2D eigenvalue weighted by Gasteiger charge is 2.15. The van der Waals surface area contributed by atoms with Crippen LogP contribution in [0.15, 0.2) is 18.3 Å². The third-order valence-electron chi connectivity index (χ3n) is 2.53. The zero-order valence-electron chi connectivity index (χ0n) is 10.9. The highest BCUT2D eigenvalue weighted by molar-refractivity contribution is 5.94. The van der Waals surface area contributed by atoms with Gasteiger partial charge in [-0.15, -0.1) is 0 Å². The number of nitrogens with zero attached hydrogens (tertiary/aromatic N) is 2. The second kappa shape index (κ2) is 7.46. The molecule has 1 amide bonds. The lowest BCUT2D eigenvalue weighted by Crippen LogP contribution is -2.29. The molecule has 1 rings (SSSR count). The average molecular weight is 245 g/mol. The second-order valence-corrected chi connectivity index (χ2v) is 3.99. The van der Waals surface area contributed by atoms with Crippen molar-refractivity contribution in [1.29, 1.82) is 0 Å². The van der Waals surface area contributed by atoms with Crippen LogP contribution >= 0.6 is 0 Å². The minimum absolute atomic E-state index is 0.0922. The number of rotatable bonds is 4. The molecule has 0 saturated heterocycles. The molecule has 1 heterocycles. The standard InChI is InChI=1S/C14H19N3O/c1-3-4-11-17(2)14(18)13-12(7-5-9-15)8-6-10-16-13/h6,8,10H,3-4,9,11,15H2,1-2H3. The summed E-state index contributed by atoms with van der Waals surface area (Å²) in [5, 5.41) is 0. The maximum atomic E-state index is 12.2. The summed E-state index contributed by atoms with van der Waals surface area (Å²) in [4.78, 5) is 18.0. The zero-order valence-corrected chi connectivity index (χ0v) is 10.9. The summed E-state index contributed by atoms with van der Waals surface area (Å²) >= 11 is 0. The van der Waals surface area contributed by atoms with Crippen LogP contribution in [-0.2, 0) is 0 Å². The lowest BCUT2D eigenvalue weighted by molar-refractivity contribution is 0.0787. The van der Waals surface area contributed by atoms with Gasteiger partial charge in [0.1, 0.15) is 5.69 Å². The van der Waals surface area contributed by atoms with Crippen molar-refractivity contribution in [2.24, 2.45) is 5.73 Å². The largest absolute Gasteiger partial charge is 0.340 e. The van der Waals surface area contributed by atoms with Gasteiger partial charge in [-0.3, -0.25) is 4.79 Å². The Hall–Kier alpha value is -1.86. The Morgan fingerprint density at radius 1 is 1.56 bits per heavy atom. The number of carbonyl (C=O) groups excluding carboxylic acids is 1. The summed E-state index contributed by atoms with van der Waals surface area (Å²) in [6, 6.07) is 3.56. The van der Waals surface area contributed by atoms with Gasteiger partial charge in [-0.05, 0) is 18.6 Å². The summed E-state index contributed by atoms with van der Waals surface area (Å²) in [5.41, 5.74) is 6.37. The van der Waals surface area contributed by atoms with E-state index in [1.165, 1.54) is 0 Å². The van der Waals surface area contributed by atoms with Crippen molar-refractivity contribution in [2.75, 3.05) is 20.1 Å². The first-order valence-corrected chi connectivity index (χ1v) is 6.10. The molecule has 0 unspecified atom stereocenters. The summed E-state index contributed by atoms with van der Waals surface area (Å²) in [5.74, 6) is 5.54. The van der Waals surface area contributed by atoms with Crippen molar-refractivity contribution >= 4 is 5.91 Å². The van der Waals surface area contributed by atoms with E-state index in [1.54, 1.807) is 30.3 Å². The van der Waals surface area contributed by atoms with Crippen molar-refractivity contribution in [3.63, 3.8) is 0 Å². The van der Waals surface area contributed by atoms with Gasteiger partial charge in [0.25, 0.3) is 5.91 Å². The van der Waals surface area contributed by atoms with Gasteiger partial charge in [0, 0.05) is 19.8 Å². The normalized spacial score (nSPS) is 9.50. The molecule has 2 N–H and O–H groups in total. The van der Waals surface area contributed by atoms with E-state index in [2.05, 4.69) is 23.7 Å². The molecule has 1 aromatic heterocycles. The van der Waals surface area contributed by atoms with Gasteiger partial charge in [-0.2, -0.15) is 0 Å². The van der Waals surface area contributed by atoms with Crippen LogP contribution in [0.5, 0.6) is 0 Å². The van der Waals surface area contributed by atoms with E-state index in [0.717, 1.165) is 19.4 Å². The summed E-state index contributed by atoms with van der Waals surface area (Å²) in [6.07, 6.45) is 3.65. The first kappa shape index (κ1) is 14.2. The fraction of sp³-hybridized carbons (Fsp3) is 0.429. The van der Waals surface area contributed by atoms with Crippen LogP contribution in [0.25, 0.3) is 0 Å². The third-order valence-corrected chi connectivity index (χ3v) is 2.53. The fourth-order valence-electron chi connectivity index (χ4n) is 1.50. The molecule has 0 atom stereocenters. The van der Waals surface area contributed by atoms with Gasteiger partial charge < -0.3 is 10.6 Å². The van der Waals surface area contributed by atoms with Gasteiger partial charge in [0.15, 0.2) is 0 Å². The Morgan fingerprint density at radius 2 is 2.33 bits per heavy atom. The number of aromatic nitrogens is 1. The maximum absolute atomic E-state index is 12.2. The SMILES string of the molecule is CCCCN(C)C(=O)c1ncccc1C#CCN. The van der Waals surface area contributed by atoms with Gasteiger partial charge in [-0.1, -0.05) is 25.2 Å². The van der Waals surface area contributed by atoms with E-state index in [4.69, 9.17) is 5.73 Å². The number of carbonyl (C=O) groups is 1. The van der Waals surface area contributed by atoms with E-state index < -0.39 is 0 Å². The van der Waals surface area contributed by atoms with Crippen LogP contribution in [0.2, 0.25) is 0 Å². The Labute approximate surface area is 108 Å². The zero-order chi connectivity index (χ0) is 13.4. The number of pyridine rings is 1. The predicted octanol–water partition coefficient (Wildman–Crippen LogP) is 1.26. The lowest BCUT2D eigenvalue weighted by Gasteiger charge is -2.16. The minimum atomic E-state index is -0.0922. The smallest absolute Gasteiger partial charge is 0.273 e. The molecule has 0 radical (unpaired) electrons. The monoisotopic (exact) mass is 245 g/mol. The molecule has 4 nitrogen and oxygen atoms in total. The van der Waals surface area contributed by atoms with E-state index >= 15 is 0 Å². The molecule has 0 spiro atoms. The maximum Gasteiger partial charge on any atom is 0.273 e. The van der Waals surface area contributed by atoms with E-state index in [0.29, 0.717) is 11.3 Å². The summed E-state index contributed by atoms with van der Waals surface area (Å²) < 4.78 is 0. The molecular formula is C14H19N3O. The Balaban J connectivity index is 2.91. The van der Waals surface area contributed by atoms with Crippen molar-refractivity contribution in [3.8, 4) is 11.8 Å². The molecular weight excluding hydrogens is 226 g/mol. The number of amides is 1. The highest BCUT2D eigenvalue weighted by atomic mass is 16.2. The van der Waals surface area contributed by atoms with Gasteiger partial charge in [-0.25, -0.2) is 4.98 Å². The lowest BCUT2D eigenvalue weighted by atomic mass is 10.1. The Bertz CT molecular complexity index is 460. The van der Waals surface area contributed by atoms with Crippen molar-refractivity contribution in [2.45, 2.75) is 19.8 Å². The Morgan fingerprint density at radius 3 is 3.00 bits per heavy atom. The fourth-order valence-corrected chi connectivity index (χ4v) is 1.50. The number of nitrogens with two attached hydrogens (primary N) is 1. The number of unbranched alkanes of at least 4 members (excludes halogenated alkanes) is 1. The topological polar surface area (TPSA) is 59.2 Å². The second-order valence-electron chi connectivity index (χ2n) is 3.99. The predicted molar refractivity (Wildman–Crippen MR) is 72.0 cm³/mol. The van der Waals surface area contributed by atoms with Crippen LogP contribution in [0, 0.1) is 11.8 Å². The molecule has 18 heavy (non-hydrogen) atoms. The highest BCUT2D eigenvalue weighted by Crippen LogP contribution is 2.07. The van der Waals surface area contributed by atoms with Crippen molar-refractivity contribution < 1.29 is 4.79 Å². The van der Waals surface area contributed by atoms with Gasteiger partial charge >= 0.3 is 0 Å². The molecule has 96 valence electrons. The minimum Gasteiger partial charge on any atom is -0.340 e. The molecule has 1 aromatic rings. The van der Waals surface area contributed by atoms with Crippen molar-refractivity contribution in [3.05, 3.63) is 29.6 Å². The number of hydrogen-bond donors (Lipinski definition) is 1. The number of hydrogen-bond acceptors (Lipinski definition) is 3. The summed E-state index contributed by atoms with van der Waals surface area (Å²) in [7, 11) is 1.78. The average Bonchev–Trinajstić information content (AvgIpc) is 2.42. The first-order chi connectivity index (χ1) is 8.70. The first-order valence-electron chi connectivity index (χ1n) is 6.10. The Kier molecular flexibility index (Phi) is 5.89. The van der Waals surface area contributed by atoms with Crippen molar-refractivity contribution in [1.82, 2.24) is 9.88 Å². The molecule has 0 fully saturated rings.